The van der Waals surface area contributed by atoms with Crippen LogP contribution in [-0.2, 0) is 22.6 Å². The van der Waals surface area contributed by atoms with Crippen molar-refractivity contribution in [2.75, 3.05) is 14.2 Å². The zero-order valence-corrected chi connectivity index (χ0v) is 19.3. The van der Waals surface area contributed by atoms with Gasteiger partial charge < -0.3 is 14.8 Å². The third kappa shape index (κ3) is 5.24. The fourth-order valence-electron chi connectivity index (χ4n) is 4.36. The number of hydrogen-bond acceptors (Lipinski definition) is 7. The van der Waals surface area contributed by atoms with Crippen molar-refractivity contribution in [1.82, 2.24) is 19.9 Å². The Labute approximate surface area is 197 Å². The Balaban J connectivity index is 1.44. The van der Waals surface area contributed by atoms with E-state index in [0.717, 1.165) is 37.0 Å². The number of nitrogens with one attached hydrogen (secondary N) is 1. The van der Waals surface area contributed by atoms with Gasteiger partial charge in [-0.2, -0.15) is 0 Å². The number of aromatic nitrogens is 3. The highest BCUT2D eigenvalue weighted by Crippen LogP contribution is 2.30. The second-order valence-electron chi connectivity index (χ2n) is 8.56. The molecule has 1 saturated carbocycles. The SMILES string of the molecule is COc1ccc(CNC(=O)c2cc3c(=O)n(C[C@H]4CC[C@H](C(=O)OC)CC4)cnc3cn2)cc1. The van der Waals surface area contributed by atoms with E-state index in [2.05, 4.69) is 15.3 Å². The van der Waals surface area contributed by atoms with E-state index < -0.39 is 0 Å². The van der Waals surface area contributed by atoms with E-state index in [9.17, 15) is 14.4 Å². The zero-order valence-electron chi connectivity index (χ0n) is 19.3. The summed E-state index contributed by atoms with van der Waals surface area (Å²) in [7, 11) is 3.01. The van der Waals surface area contributed by atoms with Crippen molar-refractivity contribution in [3.63, 3.8) is 0 Å². The number of amides is 1. The van der Waals surface area contributed by atoms with Gasteiger partial charge in [-0.25, -0.2) is 9.97 Å². The topological polar surface area (TPSA) is 112 Å². The van der Waals surface area contributed by atoms with Gasteiger partial charge in [-0.3, -0.25) is 19.0 Å². The molecular weight excluding hydrogens is 436 g/mol. The number of carbonyl (C=O) groups is 2. The van der Waals surface area contributed by atoms with Crippen LogP contribution in [0.4, 0.5) is 0 Å². The van der Waals surface area contributed by atoms with Crippen molar-refractivity contribution in [1.29, 1.82) is 0 Å². The molecule has 9 nitrogen and oxygen atoms in total. The van der Waals surface area contributed by atoms with E-state index in [1.807, 2.05) is 24.3 Å². The summed E-state index contributed by atoms with van der Waals surface area (Å²) in [5, 5.41) is 3.18. The summed E-state index contributed by atoms with van der Waals surface area (Å²) >= 11 is 0. The van der Waals surface area contributed by atoms with E-state index in [4.69, 9.17) is 9.47 Å². The molecule has 0 atom stereocenters. The third-order valence-electron chi connectivity index (χ3n) is 6.39. The van der Waals surface area contributed by atoms with Crippen LogP contribution in [0.5, 0.6) is 5.75 Å². The van der Waals surface area contributed by atoms with Gasteiger partial charge in [0.15, 0.2) is 0 Å². The van der Waals surface area contributed by atoms with Gasteiger partial charge in [-0.15, -0.1) is 0 Å². The Bertz CT molecular complexity index is 1230. The number of fused-ring (bicyclic) bond motifs is 1. The average Bonchev–Trinajstić information content (AvgIpc) is 2.89. The minimum atomic E-state index is -0.367. The lowest BCUT2D eigenvalue weighted by Gasteiger charge is -2.27. The van der Waals surface area contributed by atoms with E-state index in [1.54, 1.807) is 11.7 Å². The molecule has 1 N–H and O–H groups in total. The highest BCUT2D eigenvalue weighted by molar-refractivity contribution is 5.95. The second-order valence-corrected chi connectivity index (χ2v) is 8.56. The maximum atomic E-state index is 13.1. The first-order valence-electron chi connectivity index (χ1n) is 11.3. The van der Waals surface area contributed by atoms with Gasteiger partial charge in [-0.1, -0.05) is 12.1 Å². The Hall–Kier alpha value is -3.75. The molecule has 0 saturated heterocycles. The molecule has 4 rings (SSSR count). The number of benzene rings is 1. The molecule has 9 heteroatoms. The van der Waals surface area contributed by atoms with Crippen LogP contribution >= 0.6 is 0 Å². The van der Waals surface area contributed by atoms with E-state index in [1.165, 1.54) is 25.7 Å². The Morgan fingerprint density at radius 3 is 2.50 bits per heavy atom. The summed E-state index contributed by atoms with van der Waals surface area (Å²) in [4.78, 5) is 46.0. The quantitative estimate of drug-likeness (QED) is 0.535. The second kappa shape index (κ2) is 10.5. The molecule has 1 amide bonds. The number of pyridine rings is 1. The standard InChI is InChI=1S/C25H28N4O5/c1-33-19-9-5-16(6-10-19)12-27-23(30)21-11-20-22(13-26-21)28-15-29(24(20)31)14-17-3-7-18(8-4-17)25(32)34-2/h5-6,9-11,13,15,17-18H,3-4,7-8,12,14H2,1-2H3,(H,27,30)/t17-,18-. The molecule has 34 heavy (non-hydrogen) atoms. The number of esters is 1. The zero-order chi connectivity index (χ0) is 24.1. The minimum Gasteiger partial charge on any atom is -0.497 e. The van der Waals surface area contributed by atoms with Gasteiger partial charge in [0.1, 0.15) is 11.4 Å². The number of carbonyl (C=O) groups excluding carboxylic acids is 2. The number of hydrogen-bond donors (Lipinski definition) is 1. The molecule has 0 spiro atoms. The van der Waals surface area contributed by atoms with Crippen LogP contribution < -0.4 is 15.6 Å². The van der Waals surface area contributed by atoms with Crippen molar-refractivity contribution >= 4 is 22.8 Å². The highest BCUT2D eigenvalue weighted by atomic mass is 16.5. The molecule has 1 fully saturated rings. The Morgan fingerprint density at radius 1 is 1.09 bits per heavy atom. The molecule has 0 bridgehead atoms. The molecule has 2 aromatic heterocycles. The number of nitrogens with zero attached hydrogens (tertiary/aromatic N) is 3. The van der Waals surface area contributed by atoms with E-state index in [0.29, 0.717) is 24.0 Å². The first kappa shape index (κ1) is 23.4. The van der Waals surface area contributed by atoms with Crippen molar-refractivity contribution < 1.29 is 19.1 Å². The van der Waals surface area contributed by atoms with Crippen molar-refractivity contribution in [2.45, 2.75) is 38.8 Å². The first-order valence-corrected chi connectivity index (χ1v) is 11.3. The molecule has 1 aliphatic rings. The molecule has 3 aromatic rings. The largest absolute Gasteiger partial charge is 0.497 e. The van der Waals surface area contributed by atoms with Crippen molar-refractivity contribution in [2.24, 2.45) is 11.8 Å². The predicted octanol–water partition coefficient (Wildman–Crippen LogP) is 2.71. The fraction of sp³-hybridized carbons (Fsp3) is 0.400. The molecule has 1 aromatic carbocycles. The maximum absolute atomic E-state index is 13.1. The van der Waals surface area contributed by atoms with Gasteiger partial charge in [0.2, 0.25) is 0 Å². The number of ether oxygens (including phenoxy) is 2. The minimum absolute atomic E-state index is 0.0576. The fourth-order valence-corrected chi connectivity index (χ4v) is 4.36. The van der Waals surface area contributed by atoms with Gasteiger partial charge in [0.05, 0.1) is 43.6 Å². The van der Waals surface area contributed by atoms with Crippen LogP contribution in [0, 0.1) is 11.8 Å². The molecular formula is C25H28N4O5. The first-order chi connectivity index (χ1) is 16.5. The lowest BCUT2D eigenvalue weighted by molar-refractivity contribution is -0.146. The monoisotopic (exact) mass is 464 g/mol. The Kier molecular flexibility index (Phi) is 7.20. The van der Waals surface area contributed by atoms with Crippen molar-refractivity contribution in [3.05, 3.63) is 64.5 Å². The van der Waals surface area contributed by atoms with Gasteiger partial charge in [0.25, 0.3) is 11.5 Å². The van der Waals surface area contributed by atoms with Crippen LogP contribution in [-0.4, -0.2) is 40.6 Å². The van der Waals surface area contributed by atoms with Crippen molar-refractivity contribution in [3.8, 4) is 5.75 Å². The van der Waals surface area contributed by atoms with Gasteiger partial charge in [0, 0.05) is 13.1 Å². The summed E-state index contributed by atoms with van der Waals surface area (Å²) in [5.74, 6) is 0.443. The smallest absolute Gasteiger partial charge is 0.308 e. The summed E-state index contributed by atoms with van der Waals surface area (Å²) in [6, 6.07) is 8.89. The normalized spacial score (nSPS) is 17.8. The molecule has 0 unspecified atom stereocenters. The predicted molar refractivity (Wildman–Crippen MR) is 125 cm³/mol. The average molecular weight is 465 g/mol. The van der Waals surface area contributed by atoms with E-state index in [-0.39, 0.29) is 35.0 Å². The van der Waals surface area contributed by atoms with Crippen LogP contribution in [0.25, 0.3) is 10.9 Å². The summed E-state index contributed by atoms with van der Waals surface area (Å²) in [6.07, 6.45) is 6.19. The summed E-state index contributed by atoms with van der Waals surface area (Å²) in [6.45, 7) is 0.852. The third-order valence-corrected chi connectivity index (χ3v) is 6.39. The lowest BCUT2D eigenvalue weighted by Crippen LogP contribution is -2.29. The maximum Gasteiger partial charge on any atom is 0.308 e. The van der Waals surface area contributed by atoms with Gasteiger partial charge in [-0.05, 0) is 55.4 Å². The van der Waals surface area contributed by atoms with Crippen LogP contribution in [0.1, 0.15) is 41.7 Å². The summed E-state index contributed by atoms with van der Waals surface area (Å²) in [5.41, 5.74) is 1.33. The molecule has 0 aliphatic heterocycles. The lowest BCUT2D eigenvalue weighted by atomic mass is 9.82. The number of methoxy groups -OCH3 is 2. The van der Waals surface area contributed by atoms with Crippen LogP contribution in [0.3, 0.4) is 0 Å². The molecule has 1 aliphatic carbocycles. The Morgan fingerprint density at radius 2 is 1.82 bits per heavy atom. The molecule has 0 radical (unpaired) electrons. The van der Waals surface area contributed by atoms with Gasteiger partial charge >= 0.3 is 5.97 Å². The van der Waals surface area contributed by atoms with Crippen LogP contribution in [0.15, 0.2) is 47.7 Å². The van der Waals surface area contributed by atoms with E-state index >= 15 is 0 Å². The van der Waals surface area contributed by atoms with Crippen LogP contribution in [0.2, 0.25) is 0 Å². The number of rotatable bonds is 7. The summed E-state index contributed by atoms with van der Waals surface area (Å²) < 4.78 is 11.6. The molecule has 178 valence electrons. The molecule has 2 heterocycles. The highest BCUT2D eigenvalue weighted by Gasteiger charge is 2.27.